The summed E-state index contributed by atoms with van der Waals surface area (Å²) >= 11 is 0. The Morgan fingerprint density at radius 1 is 1.21 bits per heavy atom. The SMILES string of the molecule is Cn1ncc2c(-c3nc(N)c4c(n3)NC(=O)C4(C)NC(=O)CC3CC3)nc(CCC(F)(F)C(F)(F)F)nc21. The van der Waals surface area contributed by atoms with Crippen LogP contribution in [0.1, 0.15) is 44.0 Å². The summed E-state index contributed by atoms with van der Waals surface area (Å²) in [5, 5.41) is 9.60. The van der Waals surface area contributed by atoms with Gasteiger partial charge in [-0.05, 0) is 25.7 Å². The number of nitrogens with zero attached hydrogens (tertiary/aromatic N) is 6. The molecular formula is C22H22F5N9O2. The number of alkyl halides is 5. The lowest BCUT2D eigenvalue weighted by Gasteiger charge is -2.24. The van der Waals surface area contributed by atoms with Crippen molar-refractivity contribution in [3.05, 3.63) is 17.6 Å². The van der Waals surface area contributed by atoms with E-state index in [0.29, 0.717) is 0 Å². The lowest BCUT2D eigenvalue weighted by atomic mass is 9.94. The van der Waals surface area contributed by atoms with Gasteiger partial charge in [0.1, 0.15) is 28.7 Å². The van der Waals surface area contributed by atoms with Gasteiger partial charge in [-0.3, -0.25) is 14.3 Å². The van der Waals surface area contributed by atoms with Crippen LogP contribution in [0.2, 0.25) is 0 Å². The summed E-state index contributed by atoms with van der Waals surface area (Å²) in [5.74, 6) is -6.17. The number of fused-ring (bicyclic) bond motifs is 2. The number of anilines is 2. The molecule has 0 spiro atoms. The molecule has 1 aliphatic carbocycles. The van der Waals surface area contributed by atoms with Crippen molar-refractivity contribution in [2.75, 3.05) is 11.1 Å². The number of halogens is 5. The summed E-state index contributed by atoms with van der Waals surface area (Å²) in [6.07, 6.45) is -4.58. The Bertz CT molecular complexity index is 1470. The molecule has 4 N–H and O–H groups in total. The van der Waals surface area contributed by atoms with Crippen LogP contribution in [0.3, 0.4) is 0 Å². The fourth-order valence-corrected chi connectivity index (χ4v) is 4.31. The maximum atomic E-state index is 13.5. The predicted molar refractivity (Wildman–Crippen MR) is 123 cm³/mol. The van der Waals surface area contributed by atoms with Crippen molar-refractivity contribution in [2.24, 2.45) is 13.0 Å². The van der Waals surface area contributed by atoms with Crippen LogP contribution >= 0.6 is 0 Å². The van der Waals surface area contributed by atoms with Gasteiger partial charge >= 0.3 is 12.1 Å². The van der Waals surface area contributed by atoms with Crippen LogP contribution in [-0.2, 0) is 28.6 Å². The highest BCUT2D eigenvalue weighted by Crippen LogP contribution is 2.41. The molecule has 3 aromatic heterocycles. The second-order valence-electron chi connectivity index (χ2n) is 9.63. The first-order valence-corrected chi connectivity index (χ1v) is 11.6. The Morgan fingerprint density at radius 3 is 2.58 bits per heavy atom. The van der Waals surface area contributed by atoms with E-state index in [9.17, 15) is 31.5 Å². The zero-order valence-corrected chi connectivity index (χ0v) is 20.2. The maximum Gasteiger partial charge on any atom is 0.453 e. The molecule has 0 bridgehead atoms. The van der Waals surface area contributed by atoms with Crippen LogP contribution in [0.5, 0.6) is 0 Å². The van der Waals surface area contributed by atoms with Crippen molar-refractivity contribution in [1.82, 2.24) is 35.0 Å². The van der Waals surface area contributed by atoms with Gasteiger partial charge in [-0.2, -0.15) is 27.1 Å². The number of nitrogen functional groups attached to an aromatic ring is 1. The molecule has 1 fully saturated rings. The standard InChI is InChI=1S/C22H22F5N9O2/c1-20(35-12(37)7-9-3-4-9)13-15(28)32-17(33-16(13)34-19(20)38)14-10-8-29-36(2)18(10)31-11(30-14)5-6-21(23,24)22(25,26)27/h8-9H,3-7H2,1-2H3,(H,35,37)(H3,28,32,33,34,38). The van der Waals surface area contributed by atoms with E-state index < -0.39 is 36.4 Å². The van der Waals surface area contributed by atoms with E-state index in [-0.39, 0.29) is 63.8 Å². The molecule has 0 saturated heterocycles. The van der Waals surface area contributed by atoms with Crippen molar-refractivity contribution >= 4 is 34.5 Å². The number of aryl methyl sites for hydroxylation is 2. The minimum Gasteiger partial charge on any atom is -0.383 e. The van der Waals surface area contributed by atoms with E-state index in [2.05, 4.69) is 35.7 Å². The molecule has 11 nitrogen and oxygen atoms in total. The molecule has 4 heterocycles. The third-order valence-electron chi connectivity index (χ3n) is 6.61. The Balaban J connectivity index is 1.53. The normalized spacial score (nSPS) is 19.5. The Morgan fingerprint density at radius 2 is 1.92 bits per heavy atom. The van der Waals surface area contributed by atoms with Gasteiger partial charge < -0.3 is 16.4 Å². The van der Waals surface area contributed by atoms with Crippen molar-refractivity contribution in [3.8, 4) is 11.5 Å². The van der Waals surface area contributed by atoms with Crippen molar-refractivity contribution in [2.45, 2.75) is 56.7 Å². The van der Waals surface area contributed by atoms with Crippen molar-refractivity contribution in [1.29, 1.82) is 0 Å². The summed E-state index contributed by atoms with van der Waals surface area (Å²) < 4.78 is 66.3. The van der Waals surface area contributed by atoms with Crippen molar-refractivity contribution in [3.63, 3.8) is 0 Å². The summed E-state index contributed by atoms with van der Waals surface area (Å²) in [4.78, 5) is 42.1. The number of hydrogen-bond donors (Lipinski definition) is 3. The summed E-state index contributed by atoms with van der Waals surface area (Å²) in [7, 11) is 1.50. The van der Waals surface area contributed by atoms with Crippen molar-refractivity contribution < 1.29 is 31.5 Å². The first-order chi connectivity index (χ1) is 17.7. The molecule has 2 aliphatic rings. The number of carbonyl (C=O) groups is 2. The maximum absolute atomic E-state index is 13.5. The number of nitrogens with one attached hydrogen (secondary N) is 2. The highest BCUT2D eigenvalue weighted by atomic mass is 19.4. The third-order valence-corrected chi connectivity index (χ3v) is 6.61. The predicted octanol–water partition coefficient (Wildman–Crippen LogP) is 2.62. The van der Waals surface area contributed by atoms with E-state index >= 15 is 0 Å². The van der Waals surface area contributed by atoms with Gasteiger partial charge in [0, 0.05) is 26.3 Å². The minimum absolute atomic E-state index is 0.00697. The van der Waals surface area contributed by atoms with Gasteiger partial charge in [-0.25, -0.2) is 19.9 Å². The largest absolute Gasteiger partial charge is 0.453 e. The lowest BCUT2D eigenvalue weighted by Crippen LogP contribution is -2.48. The van der Waals surface area contributed by atoms with E-state index in [1.54, 1.807) is 0 Å². The highest BCUT2D eigenvalue weighted by molar-refractivity contribution is 6.08. The number of nitrogens with two attached hydrogens (primary N) is 1. The lowest BCUT2D eigenvalue weighted by molar-refractivity contribution is -0.284. The summed E-state index contributed by atoms with van der Waals surface area (Å²) in [6, 6.07) is 0. The van der Waals surface area contributed by atoms with Crippen LogP contribution in [-0.4, -0.2) is 53.6 Å². The molecule has 5 rings (SSSR count). The fraction of sp³-hybridized carbons (Fsp3) is 0.500. The summed E-state index contributed by atoms with van der Waals surface area (Å²) in [6.45, 7) is 1.47. The van der Waals surface area contributed by atoms with Gasteiger partial charge in [0.25, 0.3) is 5.91 Å². The van der Waals surface area contributed by atoms with Gasteiger partial charge in [0.15, 0.2) is 11.5 Å². The van der Waals surface area contributed by atoms with E-state index in [1.807, 2.05) is 0 Å². The number of aromatic nitrogens is 6. The Labute approximate surface area is 211 Å². The van der Waals surface area contributed by atoms with E-state index in [4.69, 9.17) is 5.73 Å². The quantitative estimate of drug-likeness (QED) is 0.387. The van der Waals surface area contributed by atoms with Gasteiger partial charge in [0.2, 0.25) is 5.91 Å². The second kappa shape index (κ2) is 8.52. The third kappa shape index (κ3) is 4.36. The summed E-state index contributed by atoms with van der Waals surface area (Å²) in [5.41, 5.74) is 4.94. The first kappa shape index (κ1) is 25.7. The number of carbonyl (C=O) groups excluding carboxylic acids is 2. The average molecular weight is 539 g/mol. The smallest absolute Gasteiger partial charge is 0.383 e. The number of rotatable bonds is 7. The molecule has 1 saturated carbocycles. The van der Waals surface area contributed by atoms with Gasteiger partial charge in [0.05, 0.1) is 17.1 Å². The molecule has 1 atom stereocenters. The van der Waals surface area contributed by atoms with E-state index in [1.165, 1.54) is 24.9 Å². The molecule has 38 heavy (non-hydrogen) atoms. The second-order valence-corrected chi connectivity index (χ2v) is 9.63. The topological polar surface area (TPSA) is 154 Å². The molecular weight excluding hydrogens is 517 g/mol. The average Bonchev–Trinajstić information content (AvgIpc) is 3.49. The molecule has 1 unspecified atom stereocenters. The van der Waals surface area contributed by atoms with Gasteiger partial charge in [-0.15, -0.1) is 0 Å². The molecule has 1 aliphatic heterocycles. The van der Waals surface area contributed by atoms with Crippen LogP contribution < -0.4 is 16.4 Å². The monoisotopic (exact) mass is 539 g/mol. The van der Waals surface area contributed by atoms with E-state index in [0.717, 1.165) is 12.8 Å². The van der Waals surface area contributed by atoms with Crippen LogP contribution in [0, 0.1) is 5.92 Å². The molecule has 2 amide bonds. The fourth-order valence-electron chi connectivity index (χ4n) is 4.31. The Kier molecular flexibility index (Phi) is 5.76. The highest BCUT2D eigenvalue weighted by Gasteiger charge is 2.56. The minimum atomic E-state index is -5.72. The van der Waals surface area contributed by atoms with Crippen LogP contribution in [0.15, 0.2) is 6.20 Å². The molecule has 16 heteroatoms. The molecule has 3 aromatic rings. The number of amides is 2. The van der Waals surface area contributed by atoms with Crippen LogP contribution in [0.25, 0.3) is 22.6 Å². The zero-order chi connectivity index (χ0) is 27.6. The zero-order valence-electron chi connectivity index (χ0n) is 20.2. The Hall–Kier alpha value is -3.98. The number of hydrogen-bond acceptors (Lipinski definition) is 8. The molecule has 0 aromatic carbocycles. The molecule has 202 valence electrons. The first-order valence-electron chi connectivity index (χ1n) is 11.6. The van der Waals surface area contributed by atoms with Crippen LogP contribution in [0.4, 0.5) is 33.6 Å². The molecule has 0 radical (unpaired) electrons. The van der Waals surface area contributed by atoms with Gasteiger partial charge in [-0.1, -0.05) is 0 Å².